The Morgan fingerprint density at radius 2 is 1.72 bits per heavy atom. The molecular weight excluding hydrogens is 424 g/mol. The Morgan fingerprint density at radius 3 is 2.53 bits per heavy atom. The molecule has 162 valence electrons. The summed E-state index contributed by atoms with van der Waals surface area (Å²) in [4.78, 5) is 25.9. The van der Waals surface area contributed by atoms with Gasteiger partial charge in [0, 0.05) is 46.8 Å². The average molecular weight is 447 g/mol. The van der Waals surface area contributed by atoms with Crippen LogP contribution in [0.3, 0.4) is 0 Å². The lowest BCUT2D eigenvalue weighted by Gasteiger charge is -2.13. The fourth-order valence-corrected chi connectivity index (χ4v) is 3.60. The van der Waals surface area contributed by atoms with E-state index in [0.29, 0.717) is 35.3 Å². The van der Waals surface area contributed by atoms with Gasteiger partial charge in [-0.2, -0.15) is 0 Å². The van der Waals surface area contributed by atoms with Gasteiger partial charge >= 0.3 is 0 Å². The number of pyridine rings is 1. The van der Waals surface area contributed by atoms with Gasteiger partial charge in [-0.05, 0) is 56.3 Å². The standard InChI is InChI=1S/C24H23ClN6O/c1-15-13-16(2)30-24(29-15)31-21-6-4-3-5-19(21)23(32)28-12-11-27-20-9-10-26-22-14-17(25)7-8-18(20)22/h3-10,13-14H,11-12H2,1-2H3,(H,26,27)(H,28,32)(H,29,30,31). The summed E-state index contributed by atoms with van der Waals surface area (Å²) in [7, 11) is 0. The Kier molecular flexibility index (Phi) is 6.47. The molecule has 3 N–H and O–H groups in total. The van der Waals surface area contributed by atoms with Gasteiger partial charge in [-0.1, -0.05) is 23.7 Å². The molecule has 0 aliphatic carbocycles. The third-order valence-corrected chi connectivity index (χ3v) is 5.07. The molecule has 0 aliphatic heterocycles. The van der Waals surface area contributed by atoms with Crippen LogP contribution in [0.5, 0.6) is 0 Å². The number of carbonyl (C=O) groups is 1. The molecule has 1 amide bonds. The van der Waals surface area contributed by atoms with Crippen LogP contribution < -0.4 is 16.0 Å². The van der Waals surface area contributed by atoms with Crippen LogP contribution in [0.4, 0.5) is 17.3 Å². The number of rotatable bonds is 7. The number of benzene rings is 2. The van der Waals surface area contributed by atoms with Crippen molar-refractivity contribution in [3.05, 3.63) is 82.8 Å². The van der Waals surface area contributed by atoms with E-state index >= 15 is 0 Å². The van der Waals surface area contributed by atoms with Gasteiger partial charge in [0.05, 0.1) is 16.8 Å². The van der Waals surface area contributed by atoms with Crippen LogP contribution in [0.15, 0.2) is 60.8 Å². The van der Waals surface area contributed by atoms with Crippen molar-refractivity contribution in [2.75, 3.05) is 23.7 Å². The number of aromatic nitrogens is 3. The zero-order valence-electron chi connectivity index (χ0n) is 17.8. The molecule has 0 bridgehead atoms. The number of hydrogen-bond donors (Lipinski definition) is 3. The van der Waals surface area contributed by atoms with E-state index in [-0.39, 0.29) is 5.91 Å². The second-order valence-corrected chi connectivity index (χ2v) is 7.78. The summed E-state index contributed by atoms with van der Waals surface area (Å²) >= 11 is 6.05. The maximum absolute atomic E-state index is 12.8. The predicted octanol–water partition coefficient (Wildman–Crippen LogP) is 4.88. The van der Waals surface area contributed by atoms with Crippen molar-refractivity contribution in [2.45, 2.75) is 13.8 Å². The SMILES string of the molecule is Cc1cc(C)nc(Nc2ccccc2C(=O)NCCNc2ccnc3cc(Cl)ccc23)n1. The van der Waals surface area contributed by atoms with E-state index < -0.39 is 0 Å². The van der Waals surface area contributed by atoms with E-state index in [2.05, 4.69) is 30.9 Å². The van der Waals surface area contributed by atoms with Crippen molar-refractivity contribution < 1.29 is 4.79 Å². The van der Waals surface area contributed by atoms with Crippen molar-refractivity contribution in [3.8, 4) is 0 Å². The van der Waals surface area contributed by atoms with Crippen LogP contribution in [0, 0.1) is 13.8 Å². The first-order valence-corrected chi connectivity index (χ1v) is 10.6. The molecule has 0 saturated heterocycles. The minimum atomic E-state index is -0.175. The fourth-order valence-electron chi connectivity index (χ4n) is 3.44. The topological polar surface area (TPSA) is 91.8 Å². The van der Waals surface area contributed by atoms with Gasteiger partial charge in [0.2, 0.25) is 5.95 Å². The first-order chi connectivity index (χ1) is 15.5. The van der Waals surface area contributed by atoms with Gasteiger partial charge in [0.1, 0.15) is 0 Å². The monoisotopic (exact) mass is 446 g/mol. The lowest BCUT2D eigenvalue weighted by Crippen LogP contribution is -2.29. The van der Waals surface area contributed by atoms with E-state index in [0.717, 1.165) is 28.0 Å². The molecular formula is C24H23ClN6O. The van der Waals surface area contributed by atoms with Gasteiger partial charge < -0.3 is 16.0 Å². The molecule has 0 radical (unpaired) electrons. The van der Waals surface area contributed by atoms with Crippen LogP contribution in [0.2, 0.25) is 5.02 Å². The lowest BCUT2D eigenvalue weighted by molar-refractivity contribution is 0.0956. The molecule has 4 rings (SSSR count). The maximum atomic E-state index is 12.8. The smallest absolute Gasteiger partial charge is 0.253 e. The third-order valence-electron chi connectivity index (χ3n) is 4.83. The number of nitrogens with zero attached hydrogens (tertiary/aromatic N) is 3. The molecule has 0 aliphatic rings. The quantitative estimate of drug-likeness (QED) is 0.350. The summed E-state index contributed by atoms with van der Waals surface area (Å²) < 4.78 is 0. The highest BCUT2D eigenvalue weighted by atomic mass is 35.5. The summed E-state index contributed by atoms with van der Waals surface area (Å²) in [6.45, 7) is 4.83. The van der Waals surface area contributed by atoms with Gasteiger partial charge in [-0.3, -0.25) is 9.78 Å². The molecule has 0 atom stereocenters. The Morgan fingerprint density at radius 1 is 0.938 bits per heavy atom. The highest BCUT2D eigenvalue weighted by Crippen LogP contribution is 2.24. The number of nitrogens with one attached hydrogen (secondary N) is 3. The average Bonchev–Trinajstić information content (AvgIpc) is 2.76. The molecule has 4 aromatic rings. The third kappa shape index (κ3) is 5.12. The van der Waals surface area contributed by atoms with Crippen molar-refractivity contribution in [2.24, 2.45) is 0 Å². The maximum Gasteiger partial charge on any atom is 0.253 e. The normalized spacial score (nSPS) is 10.7. The highest BCUT2D eigenvalue weighted by Gasteiger charge is 2.12. The molecule has 0 saturated carbocycles. The van der Waals surface area contributed by atoms with Crippen molar-refractivity contribution in [1.82, 2.24) is 20.3 Å². The second-order valence-electron chi connectivity index (χ2n) is 7.35. The number of carbonyl (C=O) groups excluding carboxylic acids is 1. The number of aryl methyl sites for hydroxylation is 2. The first-order valence-electron chi connectivity index (χ1n) is 10.2. The van der Waals surface area contributed by atoms with E-state index in [9.17, 15) is 4.79 Å². The largest absolute Gasteiger partial charge is 0.383 e. The minimum absolute atomic E-state index is 0.175. The van der Waals surface area contributed by atoms with Gasteiger partial charge in [-0.25, -0.2) is 9.97 Å². The van der Waals surface area contributed by atoms with Crippen molar-refractivity contribution in [3.63, 3.8) is 0 Å². The second kappa shape index (κ2) is 9.62. The molecule has 2 heterocycles. The Bertz CT molecular complexity index is 1260. The van der Waals surface area contributed by atoms with Crippen LogP contribution in [-0.4, -0.2) is 33.9 Å². The molecule has 0 spiro atoms. The Hall–Kier alpha value is -3.71. The molecule has 7 nitrogen and oxygen atoms in total. The zero-order chi connectivity index (χ0) is 22.5. The summed E-state index contributed by atoms with van der Waals surface area (Å²) in [5, 5.41) is 11.1. The minimum Gasteiger partial charge on any atom is -0.383 e. The van der Waals surface area contributed by atoms with Crippen LogP contribution >= 0.6 is 11.6 Å². The molecule has 32 heavy (non-hydrogen) atoms. The van der Waals surface area contributed by atoms with E-state index in [4.69, 9.17) is 11.6 Å². The Labute approximate surface area is 191 Å². The van der Waals surface area contributed by atoms with Gasteiger partial charge in [-0.15, -0.1) is 0 Å². The molecule has 0 fully saturated rings. The lowest BCUT2D eigenvalue weighted by atomic mass is 10.1. The predicted molar refractivity (Wildman–Crippen MR) is 129 cm³/mol. The van der Waals surface area contributed by atoms with Gasteiger partial charge in [0.25, 0.3) is 5.91 Å². The Balaban J connectivity index is 1.39. The zero-order valence-corrected chi connectivity index (χ0v) is 18.6. The van der Waals surface area contributed by atoms with Crippen LogP contribution in [-0.2, 0) is 0 Å². The van der Waals surface area contributed by atoms with Crippen molar-refractivity contribution in [1.29, 1.82) is 0 Å². The number of fused-ring (bicyclic) bond motifs is 1. The number of amides is 1. The van der Waals surface area contributed by atoms with Crippen LogP contribution in [0.25, 0.3) is 10.9 Å². The molecule has 2 aromatic heterocycles. The van der Waals surface area contributed by atoms with Gasteiger partial charge in [0.15, 0.2) is 0 Å². The van der Waals surface area contributed by atoms with E-state index in [1.165, 1.54) is 0 Å². The highest BCUT2D eigenvalue weighted by molar-refractivity contribution is 6.31. The number of hydrogen-bond acceptors (Lipinski definition) is 6. The summed E-state index contributed by atoms with van der Waals surface area (Å²) in [5.74, 6) is 0.291. The van der Waals surface area contributed by atoms with Crippen LogP contribution in [0.1, 0.15) is 21.7 Å². The summed E-state index contributed by atoms with van der Waals surface area (Å²) in [6, 6.07) is 16.7. The number of anilines is 3. The summed E-state index contributed by atoms with van der Waals surface area (Å²) in [6.07, 6.45) is 1.73. The van der Waals surface area contributed by atoms with E-state index in [1.807, 2.05) is 62.4 Å². The molecule has 2 aromatic carbocycles. The first kappa shape index (κ1) is 21.5. The fraction of sp³-hybridized carbons (Fsp3) is 0.167. The number of para-hydroxylation sites is 1. The number of halogens is 1. The molecule has 0 unspecified atom stereocenters. The van der Waals surface area contributed by atoms with Crippen molar-refractivity contribution >= 4 is 45.7 Å². The summed E-state index contributed by atoms with van der Waals surface area (Å²) in [5.41, 5.74) is 4.66. The molecule has 8 heteroatoms. The van der Waals surface area contributed by atoms with E-state index in [1.54, 1.807) is 12.3 Å².